The highest BCUT2D eigenvalue weighted by molar-refractivity contribution is 6.16. The zero-order valence-corrected chi connectivity index (χ0v) is 13.3. The second-order valence-corrected chi connectivity index (χ2v) is 5.94. The number of carbonyl (C=O) groups is 2. The van der Waals surface area contributed by atoms with Gasteiger partial charge < -0.3 is 10.6 Å². The molecule has 2 aromatic rings. The fourth-order valence-corrected chi connectivity index (χ4v) is 2.41. The predicted octanol–water partition coefficient (Wildman–Crippen LogP) is 3.88. The molecule has 0 heterocycles. The van der Waals surface area contributed by atoms with Crippen LogP contribution in [-0.4, -0.2) is 11.8 Å². The Balaban J connectivity index is 1.79. The van der Waals surface area contributed by atoms with E-state index in [2.05, 4.69) is 0 Å². The van der Waals surface area contributed by atoms with Gasteiger partial charge in [-0.1, -0.05) is 0 Å². The molecule has 0 radical (unpaired) electrons. The highest BCUT2D eigenvalue weighted by Gasteiger charge is 2.56. The van der Waals surface area contributed by atoms with E-state index < -0.39 is 63.5 Å². The molecule has 0 atom stereocenters. The maximum atomic E-state index is 13.7. The van der Waals surface area contributed by atoms with Gasteiger partial charge in [0.25, 0.3) is 0 Å². The molecule has 2 amide bonds. The van der Waals surface area contributed by atoms with Gasteiger partial charge in [0.15, 0.2) is 34.9 Å². The molecule has 2 N–H and O–H groups in total. The molecule has 3 rings (SSSR count). The van der Waals surface area contributed by atoms with Gasteiger partial charge in [-0.3, -0.25) is 9.59 Å². The molecule has 0 aliphatic heterocycles. The average Bonchev–Trinajstić information content (AvgIpc) is 3.44. The lowest BCUT2D eigenvalue weighted by atomic mass is 10.0. The summed E-state index contributed by atoms with van der Waals surface area (Å²) >= 11 is 0. The Morgan fingerprint density at radius 2 is 1.04 bits per heavy atom. The second kappa shape index (κ2) is 6.60. The molecule has 1 aliphatic carbocycles. The highest BCUT2D eigenvalue weighted by Crippen LogP contribution is 2.47. The van der Waals surface area contributed by atoms with Crippen LogP contribution in [0.15, 0.2) is 24.3 Å². The maximum Gasteiger partial charge on any atom is 0.240 e. The third-order valence-corrected chi connectivity index (χ3v) is 4.19. The SMILES string of the molecule is O=C(Nc1ccc(F)c(F)c1F)C1(C(=O)Nc2ccc(F)c(F)c2F)CC1. The average molecular weight is 388 g/mol. The van der Waals surface area contributed by atoms with Crippen molar-refractivity contribution in [2.75, 3.05) is 10.6 Å². The fraction of sp³-hybridized carbons (Fsp3) is 0.176. The van der Waals surface area contributed by atoms with E-state index in [-0.39, 0.29) is 12.8 Å². The Bertz CT molecular complexity index is 885. The number of amides is 2. The normalized spacial score (nSPS) is 14.6. The molecule has 1 saturated carbocycles. The molecule has 1 fully saturated rings. The van der Waals surface area contributed by atoms with Crippen molar-refractivity contribution in [3.63, 3.8) is 0 Å². The summed E-state index contributed by atoms with van der Waals surface area (Å²) in [6.45, 7) is 0. The second-order valence-electron chi connectivity index (χ2n) is 5.94. The van der Waals surface area contributed by atoms with Crippen LogP contribution in [0.5, 0.6) is 0 Å². The summed E-state index contributed by atoms with van der Waals surface area (Å²) in [6.07, 6.45) is 0.00250. The molecule has 0 aromatic heterocycles. The van der Waals surface area contributed by atoms with Crippen molar-refractivity contribution in [2.24, 2.45) is 5.41 Å². The van der Waals surface area contributed by atoms with Crippen LogP contribution in [0, 0.1) is 40.3 Å². The molecule has 142 valence electrons. The van der Waals surface area contributed by atoms with E-state index in [1.165, 1.54) is 0 Å². The smallest absolute Gasteiger partial charge is 0.240 e. The number of nitrogens with one attached hydrogen (secondary N) is 2. The molecule has 10 heteroatoms. The number of benzene rings is 2. The molecule has 0 unspecified atom stereocenters. The van der Waals surface area contributed by atoms with Crippen molar-refractivity contribution in [2.45, 2.75) is 12.8 Å². The zero-order valence-electron chi connectivity index (χ0n) is 13.3. The number of hydrogen-bond donors (Lipinski definition) is 2. The Labute approximate surface area is 148 Å². The lowest BCUT2D eigenvalue weighted by molar-refractivity contribution is -0.131. The van der Waals surface area contributed by atoms with Gasteiger partial charge in [-0.25, -0.2) is 26.3 Å². The minimum absolute atomic E-state index is 0.00125. The largest absolute Gasteiger partial charge is 0.323 e. The summed E-state index contributed by atoms with van der Waals surface area (Å²) in [6, 6.07) is 2.72. The Hall–Kier alpha value is -3.04. The van der Waals surface area contributed by atoms with E-state index in [1.54, 1.807) is 0 Å². The van der Waals surface area contributed by atoms with E-state index in [4.69, 9.17) is 0 Å². The van der Waals surface area contributed by atoms with Crippen molar-refractivity contribution in [3.8, 4) is 0 Å². The van der Waals surface area contributed by atoms with Crippen molar-refractivity contribution in [1.29, 1.82) is 0 Å². The van der Waals surface area contributed by atoms with Gasteiger partial charge in [0, 0.05) is 0 Å². The van der Waals surface area contributed by atoms with Crippen molar-refractivity contribution in [1.82, 2.24) is 0 Å². The molecular formula is C17H10F6N2O2. The van der Waals surface area contributed by atoms with Gasteiger partial charge in [0.1, 0.15) is 5.41 Å². The van der Waals surface area contributed by atoms with Gasteiger partial charge in [-0.15, -0.1) is 0 Å². The molecule has 0 spiro atoms. The summed E-state index contributed by atoms with van der Waals surface area (Å²) in [4.78, 5) is 24.6. The van der Waals surface area contributed by atoms with E-state index >= 15 is 0 Å². The first-order valence-corrected chi connectivity index (χ1v) is 7.57. The van der Waals surface area contributed by atoms with Crippen molar-refractivity contribution >= 4 is 23.2 Å². The molecule has 4 nitrogen and oxygen atoms in total. The van der Waals surface area contributed by atoms with E-state index in [1.807, 2.05) is 10.6 Å². The molecule has 0 bridgehead atoms. The third kappa shape index (κ3) is 3.22. The van der Waals surface area contributed by atoms with Crippen LogP contribution < -0.4 is 10.6 Å². The molecule has 1 aliphatic rings. The topological polar surface area (TPSA) is 58.2 Å². The predicted molar refractivity (Wildman–Crippen MR) is 81.6 cm³/mol. The number of halogens is 6. The molecule has 27 heavy (non-hydrogen) atoms. The number of carbonyl (C=O) groups excluding carboxylic acids is 2. The summed E-state index contributed by atoms with van der Waals surface area (Å²) in [5.74, 6) is -11.9. The molecule has 2 aromatic carbocycles. The first kappa shape index (κ1) is 18.7. The Morgan fingerprint density at radius 1 is 0.667 bits per heavy atom. The minimum Gasteiger partial charge on any atom is -0.323 e. The minimum atomic E-state index is -1.80. The maximum absolute atomic E-state index is 13.7. The lowest BCUT2D eigenvalue weighted by Gasteiger charge is -2.16. The van der Waals surface area contributed by atoms with E-state index in [0.717, 1.165) is 12.1 Å². The van der Waals surface area contributed by atoms with Gasteiger partial charge >= 0.3 is 0 Å². The van der Waals surface area contributed by atoms with Crippen LogP contribution in [0.1, 0.15) is 12.8 Å². The van der Waals surface area contributed by atoms with Gasteiger partial charge in [0.2, 0.25) is 11.8 Å². The van der Waals surface area contributed by atoms with Crippen LogP contribution in [0.2, 0.25) is 0 Å². The lowest BCUT2D eigenvalue weighted by Crippen LogP contribution is -2.36. The Morgan fingerprint density at radius 3 is 1.37 bits per heavy atom. The quantitative estimate of drug-likeness (QED) is 0.475. The third-order valence-electron chi connectivity index (χ3n) is 4.19. The number of hydrogen-bond acceptors (Lipinski definition) is 2. The number of rotatable bonds is 4. The zero-order chi connectivity index (χ0) is 19.9. The standard InChI is InChI=1S/C17H10F6N2O2/c18-7-1-3-9(13(22)11(7)20)24-15(26)17(5-6-17)16(27)25-10-4-2-8(19)12(21)14(10)23/h1-4H,5-6H2,(H,24,26)(H,25,27). The monoisotopic (exact) mass is 388 g/mol. The van der Waals surface area contributed by atoms with Gasteiger partial charge in [0.05, 0.1) is 11.4 Å². The van der Waals surface area contributed by atoms with Crippen LogP contribution in [0.4, 0.5) is 37.7 Å². The van der Waals surface area contributed by atoms with Gasteiger partial charge in [-0.2, -0.15) is 0 Å². The molecule has 0 saturated heterocycles. The van der Waals surface area contributed by atoms with E-state index in [9.17, 15) is 35.9 Å². The molecular weight excluding hydrogens is 378 g/mol. The van der Waals surface area contributed by atoms with Crippen molar-refractivity contribution in [3.05, 3.63) is 59.2 Å². The van der Waals surface area contributed by atoms with Crippen LogP contribution in [0.25, 0.3) is 0 Å². The number of anilines is 2. The highest BCUT2D eigenvalue weighted by atomic mass is 19.2. The first-order valence-electron chi connectivity index (χ1n) is 7.57. The summed E-state index contributed by atoms with van der Waals surface area (Å²) in [7, 11) is 0. The fourth-order valence-electron chi connectivity index (χ4n) is 2.41. The van der Waals surface area contributed by atoms with E-state index in [0.29, 0.717) is 12.1 Å². The van der Waals surface area contributed by atoms with Crippen molar-refractivity contribution < 1.29 is 35.9 Å². The summed E-state index contributed by atoms with van der Waals surface area (Å²) in [5.41, 5.74) is -3.09. The first-order chi connectivity index (χ1) is 12.7. The van der Waals surface area contributed by atoms with Crippen LogP contribution in [-0.2, 0) is 9.59 Å². The summed E-state index contributed by atoms with van der Waals surface area (Å²) in [5, 5.41) is 3.95. The summed E-state index contributed by atoms with van der Waals surface area (Å²) < 4.78 is 79.6. The Kier molecular flexibility index (Phi) is 4.58. The van der Waals surface area contributed by atoms with Crippen LogP contribution >= 0.6 is 0 Å². The van der Waals surface area contributed by atoms with Crippen LogP contribution in [0.3, 0.4) is 0 Å². The van der Waals surface area contributed by atoms with Gasteiger partial charge in [-0.05, 0) is 37.1 Å².